The number of aromatic nitrogens is 3. The van der Waals surface area contributed by atoms with Crippen LogP contribution in [0.25, 0.3) is 11.0 Å². The first-order valence-electron chi connectivity index (χ1n) is 6.07. The van der Waals surface area contributed by atoms with Crippen LogP contribution in [0.5, 0.6) is 0 Å². The van der Waals surface area contributed by atoms with Crippen molar-refractivity contribution >= 4 is 17.0 Å². The second-order valence-electron chi connectivity index (χ2n) is 4.59. The van der Waals surface area contributed by atoms with Gasteiger partial charge in [-0.2, -0.15) is 0 Å². The van der Waals surface area contributed by atoms with Crippen LogP contribution in [-0.2, 0) is 6.54 Å². The molecule has 1 aromatic carbocycles. The van der Waals surface area contributed by atoms with Crippen LogP contribution in [-0.4, -0.2) is 14.5 Å². The fraction of sp³-hybridized carbons (Fsp3) is 0.143. The average molecular weight is 274 g/mol. The van der Waals surface area contributed by atoms with Gasteiger partial charge in [0.15, 0.2) is 11.6 Å². The van der Waals surface area contributed by atoms with Gasteiger partial charge in [0.25, 0.3) is 0 Å². The number of nitrogen functional groups attached to an aromatic ring is 1. The Hall–Kier alpha value is -2.50. The topological polar surface area (TPSA) is 56.7 Å². The van der Waals surface area contributed by atoms with Gasteiger partial charge in [-0.25, -0.2) is 13.8 Å². The monoisotopic (exact) mass is 274 g/mol. The Kier molecular flexibility index (Phi) is 2.85. The van der Waals surface area contributed by atoms with Crippen LogP contribution in [0.2, 0.25) is 0 Å². The Labute approximate surface area is 113 Å². The fourth-order valence-corrected chi connectivity index (χ4v) is 2.11. The molecule has 0 amide bonds. The van der Waals surface area contributed by atoms with Crippen molar-refractivity contribution in [2.45, 2.75) is 13.5 Å². The highest BCUT2D eigenvalue weighted by Crippen LogP contribution is 2.24. The first-order chi connectivity index (χ1) is 9.56. The molecule has 3 aromatic rings. The minimum atomic E-state index is -0.938. The molecule has 0 atom stereocenters. The van der Waals surface area contributed by atoms with Gasteiger partial charge in [0.2, 0.25) is 5.95 Å². The van der Waals surface area contributed by atoms with Crippen LogP contribution in [0.15, 0.2) is 30.5 Å². The SMILES string of the molecule is Cc1ccc(Cn2c(N)nc3ccc(F)c(F)c32)cn1. The number of hydrogen-bond donors (Lipinski definition) is 1. The van der Waals surface area contributed by atoms with Gasteiger partial charge < -0.3 is 10.3 Å². The second kappa shape index (κ2) is 4.56. The number of nitrogens with zero attached hydrogens (tertiary/aromatic N) is 3. The van der Waals surface area contributed by atoms with E-state index in [9.17, 15) is 8.78 Å². The standard InChI is InChI=1S/C14H12F2N4/c1-8-2-3-9(6-18-8)7-20-13-11(19-14(20)17)5-4-10(15)12(13)16/h2-6H,7H2,1H3,(H2,17,19). The molecule has 0 unspecified atom stereocenters. The van der Waals surface area contributed by atoms with Gasteiger partial charge in [0.1, 0.15) is 5.52 Å². The molecule has 4 nitrogen and oxygen atoms in total. The van der Waals surface area contributed by atoms with Gasteiger partial charge in [0, 0.05) is 11.9 Å². The molecule has 2 aromatic heterocycles. The zero-order valence-corrected chi connectivity index (χ0v) is 10.8. The lowest BCUT2D eigenvalue weighted by Gasteiger charge is -2.07. The molecule has 0 bridgehead atoms. The summed E-state index contributed by atoms with van der Waals surface area (Å²) in [7, 11) is 0. The number of nitrogens with two attached hydrogens (primary N) is 1. The summed E-state index contributed by atoms with van der Waals surface area (Å²) in [6.45, 7) is 2.16. The molecule has 0 radical (unpaired) electrons. The highest BCUT2D eigenvalue weighted by Gasteiger charge is 2.16. The van der Waals surface area contributed by atoms with Gasteiger partial charge in [-0.3, -0.25) is 4.98 Å². The van der Waals surface area contributed by atoms with Gasteiger partial charge in [-0.15, -0.1) is 0 Å². The smallest absolute Gasteiger partial charge is 0.201 e. The maximum Gasteiger partial charge on any atom is 0.201 e. The molecule has 0 fully saturated rings. The van der Waals surface area contributed by atoms with Crippen molar-refractivity contribution < 1.29 is 8.78 Å². The highest BCUT2D eigenvalue weighted by molar-refractivity contribution is 5.79. The number of hydrogen-bond acceptors (Lipinski definition) is 3. The van der Waals surface area contributed by atoms with E-state index in [1.165, 1.54) is 10.6 Å². The predicted molar refractivity (Wildman–Crippen MR) is 72.1 cm³/mol. The Bertz CT molecular complexity index is 778. The van der Waals surface area contributed by atoms with E-state index < -0.39 is 11.6 Å². The van der Waals surface area contributed by atoms with Crippen molar-refractivity contribution in [3.05, 3.63) is 53.4 Å². The molecule has 2 N–H and O–H groups in total. The van der Waals surface area contributed by atoms with E-state index >= 15 is 0 Å². The molecule has 3 rings (SSSR count). The van der Waals surface area contributed by atoms with E-state index in [1.54, 1.807) is 6.20 Å². The Morgan fingerprint density at radius 1 is 1.20 bits per heavy atom. The minimum absolute atomic E-state index is 0.0723. The van der Waals surface area contributed by atoms with E-state index in [0.29, 0.717) is 5.52 Å². The number of imidazole rings is 1. The van der Waals surface area contributed by atoms with Gasteiger partial charge in [0.05, 0.1) is 12.1 Å². The molecular formula is C14H12F2N4. The van der Waals surface area contributed by atoms with Crippen LogP contribution in [0.1, 0.15) is 11.3 Å². The largest absolute Gasteiger partial charge is 0.369 e. The van der Waals surface area contributed by atoms with Crippen molar-refractivity contribution in [3.63, 3.8) is 0 Å². The lowest BCUT2D eigenvalue weighted by molar-refractivity contribution is 0.512. The minimum Gasteiger partial charge on any atom is -0.369 e. The molecule has 6 heteroatoms. The number of anilines is 1. The highest BCUT2D eigenvalue weighted by atomic mass is 19.2. The molecule has 102 valence electrons. The Balaban J connectivity index is 2.13. The van der Waals surface area contributed by atoms with Crippen molar-refractivity contribution in [1.82, 2.24) is 14.5 Å². The van der Waals surface area contributed by atoms with E-state index in [4.69, 9.17) is 5.73 Å². The van der Waals surface area contributed by atoms with Gasteiger partial charge in [-0.1, -0.05) is 6.07 Å². The third-order valence-corrected chi connectivity index (χ3v) is 3.14. The number of rotatable bonds is 2. The summed E-state index contributed by atoms with van der Waals surface area (Å²) in [5, 5.41) is 0. The lowest BCUT2D eigenvalue weighted by Crippen LogP contribution is -2.06. The summed E-state index contributed by atoms with van der Waals surface area (Å²) in [4.78, 5) is 8.21. The zero-order valence-electron chi connectivity index (χ0n) is 10.8. The number of aryl methyl sites for hydroxylation is 1. The quantitative estimate of drug-likeness (QED) is 0.781. The molecule has 0 aliphatic rings. The number of fused-ring (bicyclic) bond motifs is 1. The summed E-state index contributed by atoms with van der Waals surface area (Å²) < 4.78 is 28.7. The van der Waals surface area contributed by atoms with Gasteiger partial charge in [-0.05, 0) is 30.7 Å². The molecule has 0 saturated heterocycles. The number of benzene rings is 1. The summed E-state index contributed by atoms with van der Waals surface area (Å²) in [6, 6.07) is 6.17. The lowest BCUT2D eigenvalue weighted by atomic mass is 10.2. The van der Waals surface area contributed by atoms with E-state index in [0.717, 1.165) is 17.3 Å². The first kappa shape index (κ1) is 12.5. The average Bonchev–Trinajstić information content (AvgIpc) is 2.74. The fourth-order valence-electron chi connectivity index (χ4n) is 2.11. The zero-order chi connectivity index (χ0) is 14.3. The Morgan fingerprint density at radius 3 is 2.70 bits per heavy atom. The molecule has 2 heterocycles. The van der Waals surface area contributed by atoms with Gasteiger partial charge >= 0.3 is 0 Å². The molecule has 20 heavy (non-hydrogen) atoms. The second-order valence-corrected chi connectivity index (χ2v) is 4.59. The van der Waals surface area contributed by atoms with Crippen molar-refractivity contribution in [2.24, 2.45) is 0 Å². The van der Waals surface area contributed by atoms with E-state index in [1.807, 2.05) is 19.1 Å². The van der Waals surface area contributed by atoms with Crippen LogP contribution in [0, 0.1) is 18.6 Å². The van der Waals surface area contributed by atoms with Crippen molar-refractivity contribution in [2.75, 3.05) is 5.73 Å². The van der Waals surface area contributed by atoms with Crippen LogP contribution in [0.4, 0.5) is 14.7 Å². The molecule has 0 aliphatic carbocycles. The number of pyridine rings is 1. The summed E-state index contributed by atoms with van der Waals surface area (Å²) in [5.74, 6) is -1.71. The van der Waals surface area contributed by atoms with Crippen molar-refractivity contribution in [3.8, 4) is 0 Å². The maximum absolute atomic E-state index is 13.9. The molecule has 0 spiro atoms. The molecule has 0 aliphatic heterocycles. The third kappa shape index (κ3) is 1.99. The summed E-state index contributed by atoms with van der Waals surface area (Å²) in [6.07, 6.45) is 1.68. The summed E-state index contributed by atoms with van der Waals surface area (Å²) >= 11 is 0. The molecule has 0 saturated carbocycles. The first-order valence-corrected chi connectivity index (χ1v) is 6.07. The van der Waals surface area contributed by atoms with E-state index in [-0.39, 0.29) is 18.0 Å². The third-order valence-electron chi connectivity index (χ3n) is 3.14. The number of halogens is 2. The maximum atomic E-state index is 13.9. The van der Waals surface area contributed by atoms with Crippen LogP contribution < -0.4 is 5.73 Å². The predicted octanol–water partition coefficient (Wildman–Crippen LogP) is 2.65. The van der Waals surface area contributed by atoms with Crippen molar-refractivity contribution in [1.29, 1.82) is 0 Å². The van der Waals surface area contributed by atoms with Crippen LogP contribution in [0.3, 0.4) is 0 Å². The van der Waals surface area contributed by atoms with Crippen LogP contribution >= 0.6 is 0 Å². The Morgan fingerprint density at radius 2 is 2.00 bits per heavy atom. The van der Waals surface area contributed by atoms with E-state index in [2.05, 4.69) is 9.97 Å². The normalized spacial score (nSPS) is 11.2. The summed E-state index contributed by atoms with van der Waals surface area (Å²) in [5.41, 5.74) is 7.92. The molecular weight excluding hydrogens is 262 g/mol.